The van der Waals surface area contributed by atoms with Crippen molar-refractivity contribution < 1.29 is 19.1 Å². The van der Waals surface area contributed by atoms with Gasteiger partial charge in [0, 0.05) is 13.6 Å². The number of amides is 1. The molecular formula is C16H18ClNO4. The van der Waals surface area contributed by atoms with Crippen LogP contribution in [0.2, 0.25) is 0 Å². The van der Waals surface area contributed by atoms with Gasteiger partial charge in [0.15, 0.2) is 17.3 Å². The molecule has 0 unspecified atom stereocenters. The Morgan fingerprint density at radius 3 is 2.77 bits per heavy atom. The second-order valence-electron chi connectivity index (χ2n) is 4.80. The zero-order valence-electron chi connectivity index (χ0n) is 12.5. The largest absolute Gasteiger partial charge is 0.504 e. The summed E-state index contributed by atoms with van der Waals surface area (Å²) in [4.78, 5) is 13.8. The lowest BCUT2D eigenvalue weighted by Crippen LogP contribution is -2.25. The number of ether oxygens (including phenoxy) is 1. The molecule has 0 fully saturated rings. The van der Waals surface area contributed by atoms with Crippen molar-refractivity contribution in [2.75, 3.05) is 13.7 Å². The summed E-state index contributed by atoms with van der Waals surface area (Å²) < 4.78 is 10.7. The first kappa shape index (κ1) is 16.2. The van der Waals surface area contributed by atoms with Gasteiger partial charge < -0.3 is 19.2 Å². The smallest absolute Gasteiger partial charge is 0.289 e. The summed E-state index contributed by atoms with van der Waals surface area (Å²) in [5, 5.41) is 9.68. The molecule has 2 aromatic rings. The minimum atomic E-state index is -0.234. The van der Waals surface area contributed by atoms with Gasteiger partial charge in [-0.2, -0.15) is 0 Å². The Bertz CT molecular complexity index is 653. The molecule has 0 radical (unpaired) electrons. The van der Waals surface area contributed by atoms with Crippen LogP contribution in [0, 0.1) is 0 Å². The number of phenols is 1. The van der Waals surface area contributed by atoms with Crippen LogP contribution in [0.5, 0.6) is 11.5 Å². The number of alkyl halides is 1. The maximum Gasteiger partial charge on any atom is 0.289 e. The number of furan rings is 1. The molecule has 1 amide bonds. The highest BCUT2D eigenvalue weighted by molar-refractivity contribution is 6.16. The van der Waals surface area contributed by atoms with E-state index in [-0.39, 0.29) is 23.3 Å². The van der Waals surface area contributed by atoms with Crippen molar-refractivity contribution in [1.82, 2.24) is 4.90 Å². The van der Waals surface area contributed by atoms with Crippen LogP contribution in [0.1, 0.15) is 28.8 Å². The van der Waals surface area contributed by atoms with Crippen molar-refractivity contribution in [1.29, 1.82) is 0 Å². The molecule has 0 atom stereocenters. The van der Waals surface area contributed by atoms with Crippen LogP contribution in [0.3, 0.4) is 0 Å². The Balaban J connectivity index is 2.09. The van der Waals surface area contributed by atoms with Gasteiger partial charge in [0.05, 0.1) is 12.5 Å². The van der Waals surface area contributed by atoms with E-state index in [2.05, 4.69) is 0 Å². The normalized spacial score (nSPS) is 10.5. The third-order valence-electron chi connectivity index (χ3n) is 3.09. The van der Waals surface area contributed by atoms with E-state index in [0.717, 1.165) is 5.56 Å². The highest BCUT2D eigenvalue weighted by Gasteiger charge is 2.16. The van der Waals surface area contributed by atoms with E-state index in [1.165, 1.54) is 4.90 Å². The zero-order chi connectivity index (χ0) is 16.1. The average molecular weight is 324 g/mol. The van der Waals surface area contributed by atoms with Crippen LogP contribution in [-0.2, 0) is 12.4 Å². The van der Waals surface area contributed by atoms with E-state index in [1.807, 2.05) is 6.92 Å². The van der Waals surface area contributed by atoms with Crippen LogP contribution >= 0.6 is 11.6 Å². The van der Waals surface area contributed by atoms with Crippen molar-refractivity contribution in [3.05, 3.63) is 47.4 Å². The lowest BCUT2D eigenvalue weighted by Gasteiger charge is -2.17. The van der Waals surface area contributed by atoms with Crippen molar-refractivity contribution in [3.8, 4) is 11.5 Å². The van der Waals surface area contributed by atoms with Crippen molar-refractivity contribution in [2.24, 2.45) is 0 Å². The minimum Gasteiger partial charge on any atom is -0.504 e. The van der Waals surface area contributed by atoms with Gasteiger partial charge >= 0.3 is 0 Å². The highest BCUT2D eigenvalue weighted by Crippen LogP contribution is 2.27. The number of hydrogen-bond donors (Lipinski definition) is 1. The molecular weight excluding hydrogens is 306 g/mol. The quantitative estimate of drug-likeness (QED) is 0.828. The van der Waals surface area contributed by atoms with Gasteiger partial charge in [-0.25, -0.2) is 0 Å². The summed E-state index contributed by atoms with van der Waals surface area (Å²) in [5.74, 6) is 1.29. The fourth-order valence-electron chi connectivity index (χ4n) is 2.03. The highest BCUT2D eigenvalue weighted by atomic mass is 35.5. The predicted octanol–water partition coefficient (Wildman–Crippen LogP) is 3.39. The molecule has 0 bridgehead atoms. The number of aromatic hydroxyl groups is 1. The summed E-state index contributed by atoms with van der Waals surface area (Å²) in [6.45, 7) is 2.67. The molecule has 1 heterocycles. The van der Waals surface area contributed by atoms with Crippen LogP contribution in [0.4, 0.5) is 0 Å². The van der Waals surface area contributed by atoms with Gasteiger partial charge in [0.25, 0.3) is 5.91 Å². The number of carbonyl (C=O) groups excluding carboxylic acids is 1. The van der Waals surface area contributed by atoms with Crippen molar-refractivity contribution in [2.45, 2.75) is 19.3 Å². The lowest BCUT2D eigenvalue weighted by molar-refractivity contribution is 0.0752. The first-order chi connectivity index (χ1) is 10.5. The fourth-order valence-corrected chi connectivity index (χ4v) is 2.17. The molecule has 0 saturated heterocycles. The molecule has 1 N–H and O–H groups in total. The minimum absolute atomic E-state index is 0.0809. The van der Waals surface area contributed by atoms with Gasteiger partial charge in [0.2, 0.25) is 0 Å². The van der Waals surface area contributed by atoms with E-state index in [4.69, 9.17) is 20.8 Å². The molecule has 1 aromatic heterocycles. The van der Waals surface area contributed by atoms with Crippen LogP contribution in [0.15, 0.2) is 34.7 Å². The number of hydrogen-bond acceptors (Lipinski definition) is 4. The SMILES string of the molecule is CCOc1cc(CN(C)C(=O)c2ccc(CCl)o2)ccc1O. The fraction of sp³-hybridized carbons (Fsp3) is 0.312. The maximum absolute atomic E-state index is 12.3. The van der Waals surface area contributed by atoms with Gasteiger partial charge in [-0.05, 0) is 36.8 Å². The third-order valence-corrected chi connectivity index (χ3v) is 3.36. The van der Waals surface area contributed by atoms with Gasteiger partial charge in [-0.3, -0.25) is 4.79 Å². The summed E-state index contributed by atoms with van der Waals surface area (Å²) in [5.41, 5.74) is 0.848. The zero-order valence-corrected chi connectivity index (χ0v) is 13.3. The number of nitrogens with zero attached hydrogens (tertiary/aromatic N) is 1. The molecule has 0 aliphatic carbocycles. The first-order valence-corrected chi connectivity index (χ1v) is 7.43. The molecule has 5 nitrogen and oxygen atoms in total. The van der Waals surface area contributed by atoms with E-state index < -0.39 is 0 Å². The number of phenolic OH excluding ortho intramolecular Hbond substituents is 1. The lowest BCUT2D eigenvalue weighted by atomic mass is 10.2. The molecule has 2 rings (SSSR count). The average Bonchev–Trinajstić information content (AvgIpc) is 2.99. The van der Waals surface area contributed by atoms with E-state index >= 15 is 0 Å². The van der Waals surface area contributed by atoms with Gasteiger partial charge in [-0.15, -0.1) is 11.6 Å². The molecule has 0 aliphatic heterocycles. The van der Waals surface area contributed by atoms with E-state index in [9.17, 15) is 9.90 Å². The molecule has 22 heavy (non-hydrogen) atoms. The molecule has 0 aliphatic rings. The summed E-state index contributed by atoms with van der Waals surface area (Å²) >= 11 is 5.66. The predicted molar refractivity (Wildman–Crippen MR) is 83.3 cm³/mol. The van der Waals surface area contributed by atoms with Gasteiger partial charge in [0.1, 0.15) is 5.76 Å². The monoisotopic (exact) mass is 323 g/mol. The Kier molecular flexibility index (Phi) is 5.33. The maximum atomic E-state index is 12.3. The van der Waals surface area contributed by atoms with Gasteiger partial charge in [-0.1, -0.05) is 6.07 Å². The number of carbonyl (C=O) groups is 1. The molecule has 118 valence electrons. The second kappa shape index (κ2) is 7.22. The molecule has 1 aromatic carbocycles. The summed E-state index contributed by atoms with van der Waals surface area (Å²) in [7, 11) is 1.68. The van der Waals surface area contributed by atoms with Crippen molar-refractivity contribution >= 4 is 17.5 Å². The first-order valence-electron chi connectivity index (χ1n) is 6.90. The van der Waals surface area contributed by atoms with Crippen molar-refractivity contribution in [3.63, 3.8) is 0 Å². The Hall–Kier alpha value is -2.14. The molecule has 0 saturated carbocycles. The van der Waals surface area contributed by atoms with E-state index in [0.29, 0.717) is 24.7 Å². The van der Waals surface area contributed by atoms with E-state index in [1.54, 1.807) is 37.4 Å². The second-order valence-corrected chi connectivity index (χ2v) is 5.06. The topological polar surface area (TPSA) is 62.9 Å². The summed E-state index contributed by atoms with van der Waals surface area (Å²) in [6.07, 6.45) is 0. The van der Waals surface area contributed by atoms with Crippen LogP contribution < -0.4 is 4.74 Å². The number of halogens is 1. The molecule has 6 heteroatoms. The third kappa shape index (κ3) is 3.74. The standard InChI is InChI=1S/C16H18ClNO4/c1-3-21-15-8-11(4-6-13(15)19)10-18(2)16(20)14-7-5-12(9-17)22-14/h4-8,19H,3,9-10H2,1-2H3. The number of benzene rings is 1. The van der Waals surface area contributed by atoms with Crippen LogP contribution in [0.25, 0.3) is 0 Å². The Morgan fingerprint density at radius 1 is 1.36 bits per heavy atom. The Labute approximate surface area is 134 Å². The number of rotatable bonds is 6. The Morgan fingerprint density at radius 2 is 2.14 bits per heavy atom. The summed E-state index contributed by atoms with van der Waals surface area (Å²) in [6, 6.07) is 8.31. The van der Waals surface area contributed by atoms with Crippen LogP contribution in [-0.4, -0.2) is 29.6 Å². The molecule has 0 spiro atoms.